The first-order valence-corrected chi connectivity index (χ1v) is 4.83. The van der Waals surface area contributed by atoms with Crippen molar-refractivity contribution in [3.63, 3.8) is 0 Å². The van der Waals surface area contributed by atoms with E-state index < -0.39 is 12.2 Å². The summed E-state index contributed by atoms with van der Waals surface area (Å²) in [6.45, 7) is 0.0964. The van der Waals surface area contributed by atoms with Crippen molar-refractivity contribution in [3.8, 4) is 0 Å². The molecule has 1 aromatic carbocycles. The van der Waals surface area contributed by atoms with Gasteiger partial charge in [-0.2, -0.15) is 0 Å². The number of rotatable bonds is 4. The van der Waals surface area contributed by atoms with Gasteiger partial charge in [0.15, 0.2) is 0 Å². The van der Waals surface area contributed by atoms with Crippen molar-refractivity contribution in [2.45, 2.75) is 12.5 Å². The van der Waals surface area contributed by atoms with E-state index in [0.717, 1.165) is 5.56 Å². The summed E-state index contributed by atoms with van der Waals surface area (Å²) < 4.78 is 4.51. The maximum atomic E-state index is 10.3. The summed E-state index contributed by atoms with van der Waals surface area (Å²) in [5.74, 6) is 0. The van der Waals surface area contributed by atoms with Crippen LogP contribution in [0.5, 0.6) is 0 Å². The third-order valence-electron chi connectivity index (χ3n) is 1.89. The molecule has 0 heterocycles. The molecule has 0 bridgehead atoms. The molecule has 0 aliphatic rings. The molecular weight excluding hydrogens is 218 g/mol. The van der Waals surface area contributed by atoms with Crippen LogP contribution in [-0.2, 0) is 4.74 Å². The van der Waals surface area contributed by atoms with E-state index in [1.807, 2.05) is 0 Å². The smallest absolute Gasteiger partial charge is 0.404 e. The lowest BCUT2D eigenvalue weighted by atomic mass is 10.1. The molecule has 0 saturated heterocycles. The van der Waals surface area contributed by atoms with Crippen molar-refractivity contribution in [2.75, 3.05) is 6.61 Å². The van der Waals surface area contributed by atoms with Gasteiger partial charge >= 0.3 is 6.09 Å². The lowest BCUT2D eigenvalue weighted by molar-refractivity contribution is 0.111. The fourth-order valence-electron chi connectivity index (χ4n) is 1.12. The summed E-state index contributed by atoms with van der Waals surface area (Å²) in [5, 5.41) is 10.3. The highest BCUT2D eigenvalue weighted by atomic mass is 35.5. The molecule has 1 rings (SSSR count). The van der Waals surface area contributed by atoms with Crippen molar-refractivity contribution in [2.24, 2.45) is 5.73 Å². The zero-order valence-electron chi connectivity index (χ0n) is 8.02. The zero-order valence-corrected chi connectivity index (χ0v) is 8.78. The van der Waals surface area contributed by atoms with Crippen LogP contribution in [0.2, 0.25) is 5.02 Å². The molecule has 0 aliphatic heterocycles. The summed E-state index contributed by atoms with van der Waals surface area (Å²) in [6, 6.07) is 6.82. The normalized spacial score (nSPS) is 12.1. The molecule has 0 radical (unpaired) electrons. The van der Waals surface area contributed by atoms with Gasteiger partial charge in [0.1, 0.15) is 0 Å². The van der Waals surface area contributed by atoms with Gasteiger partial charge in [0, 0.05) is 11.4 Å². The van der Waals surface area contributed by atoms with Crippen molar-refractivity contribution in [1.29, 1.82) is 0 Å². The van der Waals surface area contributed by atoms with Gasteiger partial charge in [-0.05, 0) is 17.7 Å². The lowest BCUT2D eigenvalue weighted by Gasteiger charge is -2.10. The standard InChI is InChI=1S/C10H12ClNO3/c11-8-3-1-7(2-4-8)9(13)5-6-15-10(12)14/h1-4,9,13H,5-6H2,(H2,12,14)/t9-/m1/s1. The van der Waals surface area contributed by atoms with E-state index in [4.69, 9.17) is 17.3 Å². The van der Waals surface area contributed by atoms with Gasteiger partial charge in [0.2, 0.25) is 0 Å². The average molecular weight is 230 g/mol. The van der Waals surface area contributed by atoms with E-state index in [9.17, 15) is 9.90 Å². The molecule has 0 fully saturated rings. The topological polar surface area (TPSA) is 72.6 Å². The Labute approximate surface area is 92.6 Å². The molecule has 3 N–H and O–H groups in total. The zero-order chi connectivity index (χ0) is 11.3. The number of ether oxygens (including phenoxy) is 1. The van der Waals surface area contributed by atoms with Crippen LogP contribution in [0, 0.1) is 0 Å². The SMILES string of the molecule is NC(=O)OCC[C@@H](O)c1ccc(Cl)cc1. The molecule has 1 atom stereocenters. The van der Waals surface area contributed by atoms with Crippen LogP contribution in [0.3, 0.4) is 0 Å². The van der Waals surface area contributed by atoms with Crippen LogP contribution in [-0.4, -0.2) is 17.8 Å². The van der Waals surface area contributed by atoms with Crippen molar-refractivity contribution < 1.29 is 14.6 Å². The number of primary amides is 1. The van der Waals surface area contributed by atoms with Gasteiger partial charge in [-0.3, -0.25) is 0 Å². The fourth-order valence-corrected chi connectivity index (χ4v) is 1.25. The Balaban J connectivity index is 2.43. The molecule has 0 aromatic heterocycles. The molecular formula is C10H12ClNO3. The first-order chi connectivity index (χ1) is 7.09. The number of benzene rings is 1. The van der Waals surface area contributed by atoms with E-state index in [2.05, 4.69) is 4.74 Å². The first-order valence-electron chi connectivity index (χ1n) is 4.45. The number of aliphatic hydroxyl groups is 1. The predicted molar refractivity (Wildman–Crippen MR) is 56.6 cm³/mol. The first kappa shape index (κ1) is 11.8. The van der Waals surface area contributed by atoms with Crippen LogP contribution in [0.15, 0.2) is 24.3 Å². The summed E-state index contributed by atoms with van der Waals surface area (Å²) in [5.41, 5.74) is 5.51. The number of amides is 1. The molecule has 5 heteroatoms. The Morgan fingerprint density at radius 3 is 2.60 bits per heavy atom. The van der Waals surface area contributed by atoms with Crippen LogP contribution >= 0.6 is 11.6 Å². The van der Waals surface area contributed by atoms with E-state index in [1.54, 1.807) is 24.3 Å². The van der Waals surface area contributed by atoms with Crippen LogP contribution in [0.4, 0.5) is 4.79 Å². The van der Waals surface area contributed by atoms with Crippen LogP contribution in [0.1, 0.15) is 18.1 Å². The monoisotopic (exact) mass is 229 g/mol. The predicted octanol–water partition coefficient (Wildman–Crippen LogP) is 1.86. The second-order valence-corrected chi connectivity index (χ2v) is 3.46. The minimum absolute atomic E-state index is 0.0964. The molecule has 0 saturated carbocycles. The Morgan fingerprint density at radius 1 is 1.47 bits per heavy atom. The average Bonchev–Trinajstić information content (AvgIpc) is 2.18. The molecule has 4 nitrogen and oxygen atoms in total. The van der Waals surface area contributed by atoms with Gasteiger partial charge in [-0.1, -0.05) is 23.7 Å². The Hall–Kier alpha value is -1.26. The number of carbonyl (C=O) groups is 1. The number of nitrogens with two attached hydrogens (primary N) is 1. The molecule has 82 valence electrons. The van der Waals surface area contributed by atoms with E-state index >= 15 is 0 Å². The Bertz CT molecular complexity index is 326. The summed E-state index contributed by atoms with van der Waals surface area (Å²) in [6.07, 6.45) is -1.20. The molecule has 15 heavy (non-hydrogen) atoms. The van der Waals surface area contributed by atoms with Crippen molar-refractivity contribution in [1.82, 2.24) is 0 Å². The Kier molecular flexibility index (Phi) is 4.39. The van der Waals surface area contributed by atoms with E-state index in [0.29, 0.717) is 11.4 Å². The second kappa shape index (κ2) is 5.58. The highest BCUT2D eigenvalue weighted by Gasteiger charge is 2.07. The maximum absolute atomic E-state index is 10.3. The van der Waals surface area contributed by atoms with Gasteiger partial charge in [0.25, 0.3) is 0 Å². The number of aliphatic hydroxyl groups excluding tert-OH is 1. The van der Waals surface area contributed by atoms with Crippen LogP contribution in [0.25, 0.3) is 0 Å². The third kappa shape index (κ3) is 4.18. The summed E-state index contributed by atoms with van der Waals surface area (Å²) in [7, 11) is 0. The number of hydrogen-bond acceptors (Lipinski definition) is 3. The van der Waals surface area contributed by atoms with Gasteiger partial charge < -0.3 is 15.6 Å². The van der Waals surface area contributed by atoms with E-state index in [-0.39, 0.29) is 6.61 Å². The van der Waals surface area contributed by atoms with E-state index in [1.165, 1.54) is 0 Å². The number of carbonyl (C=O) groups excluding carboxylic acids is 1. The minimum Gasteiger partial charge on any atom is -0.450 e. The largest absolute Gasteiger partial charge is 0.450 e. The van der Waals surface area contributed by atoms with Gasteiger partial charge in [0.05, 0.1) is 12.7 Å². The minimum atomic E-state index is -0.835. The van der Waals surface area contributed by atoms with Crippen molar-refractivity contribution in [3.05, 3.63) is 34.9 Å². The summed E-state index contributed by atoms with van der Waals surface area (Å²) >= 11 is 5.69. The molecule has 1 aromatic rings. The quantitative estimate of drug-likeness (QED) is 0.828. The van der Waals surface area contributed by atoms with Crippen molar-refractivity contribution >= 4 is 17.7 Å². The lowest BCUT2D eigenvalue weighted by Crippen LogP contribution is -2.15. The fraction of sp³-hybridized carbons (Fsp3) is 0.300. The number of halogens is 1. The number of hydrogen-bond donors (Lipinski definition) is 2. The van der Waals surface area contributed by atoms with Gasteiger partial charge in [-0.15, -0.1) is 0 Å². The van der Waals surface area contributed by atoms with Crippen LogP contribution < -0.4 is 5.73 Å². The highest BCUT2D eigenvalue weighted by Crippen LogP contribution is 2.18. The highest BCUT2D eigenvalue weighted by molar-refractivity contribution is 6.30. The van der Waals surface area contributed by atoms with Gasteiger partial charge in [-0.25, -0.2) is 4.79 Å². The second-order valence-electron chi connectivity index (χ2n) is 3.02. The molecule has 0 spiro atoms. The third-order valence-corrected chi connectivity index (χ3v) is 2.14. The molecule has 0 unspecified atom stereocenters. The molecule has 1 amide bonds. The summed E-state index contributed by atoms with van der Waals surface area (Å²) in [4.78, 5) is 10.3. The molecule has 0 aliphatic carbocycles. The Morgan fingerprint density at radius 2 is 2.07 bits per heavy atom. The maximum Gasteiger partial charge on any atom is 0.404 e.